The van der Waals surface area contributed by atoms with E-state index in [1.807, 2.05) is 72.8 Å². The Hall–Kier alpha value is -11.0. The van der Waals surface area contributed by atoms with Crippen molar-refractivity contribution in [1.82, 2.24) is 39.0 Å². The minimum Gasteiger partial charge on any atom is -0.309 e. The Morgan fingerprint density at radius 3 is 0.698 bits per heavy atom. The Bertz CT molecular complexity index is 4880. The van der Waals surface area contributed by atoms with Gasteiger partial charge in [0.2, 0.25) is 0 Å². The Morgan fingerprint density at radius 2 is 0.448 bits per heavy atom. The molecule has 0 spiro atoms. The molecule has 8 nitrogen and oxygen atoms in total. The Kier molecular flexibility index (Phi) is 15.0. The summed E-state index contributed by atoms with van der Waals surface area (Å²) in [7, 11) is 0. The highest BCUT2D eigenvalue weighted by molar-refractivity contribution is 6.12. The fourth-order valence-electron chi connectivity index (χ4n) is 13.4. The van der Waals surface area contributed by atoms with Crippen LogP contribution in [0.5, 0.6) is 0 Å². The van der Waals surface area contributed by atoms with Crippen LogP contribution in [-0.2, 0) is 21.7 Å². The van der Waals surface area contributed by atoms with Crippen LogP contribution in [0.15, 0.2) is 255 Å². The maximum Gasteiger partial charge on any atom is 0.164 e. The highest BCUT2D eigenvalue weighted by Crippen LogP contribution is 2.45. The first-order valence-electron chi connectivity index (χ1n) is 33.4. The van der Waals surface area contributed by atoms with Crippen molar-refractivity contribution in [2.75, 3.05) is 0 Å². The van der Waals surface area contributed by atoms with Gasteiger partial charge in [0.05, 0.1) is 33.4 Å². The number of aromatic nitrogens is 8. The second kappa shape index (κ2) is 23.5. The molecule has 0 saturated heterocycles. The average Bonchev–Trinajstić information content (AvgIpc) is 1.57. The number of nitrogens with zero attached hydrogens (tertiary/aromatic N) is 8. The van der Waals surface area contributed by atoms with Crippen LogP contribution < -0.4 is 0 Å². The molecular formula is C88H78N8. The Morgan fingerprint density at radius 1 is 0.208 bits per heavy atom. The normalized spacial score (nSPS) is 12.4. The van der Waals surface area contributed by atoms with Crippen LogP contribution in [0.4, 0.5) is 0 Å². The topological polar surface area (TPSA) is 87.2 Å². The minimum atomic E-state index is -0.0722. The van der Waals surface area contributed by atoms with Gasteiger partial charge in [-0.1, -0.05) is 247 Å². The lowest BCUT2D eigenvalue weighted by Crippen LogP contribution is -2.10. The lowest BCUT2D eigenvalue weighted by atomic mass is 9.85. The van der Waals surface area contributed by atoms with Gasteiger partial charge < -0.3 is 9.13 Å². The van der Waals surface area contributed by atoms with Gasteiger partial charge in [0.25, 0.3) is 0 Å². The highest BCUT2D eigenvalue weighted by Gasteiger charge is 2.27. The van der Waals surface area contributed by atoms with Gasteiger partial charge in [-0.15, -0.1) is 0 Å². The van der Waals surface area contributed by atoms with Crippen molar-refractivity contribution in [3.05, 3.63) is 277 Å². The Balaban J connectivity index is 1.02. The molecule has 15 rings (SSSR count). The van der Waals surface area contributed by atoms with Gasteiger partial charge in [0.15, 0.2) is 34.9 Å². The van der Waals surface area contributed by atoms with Crippen molar-refractivity contribution in [2.45, 2.75) is 105 Å². The standard InChI is InChI=1S/C88H78N8/c1-85(2,3)63-38-44-75-69(51-63)70-52-64(86(4,5)6)39-45-76(70)95(75)73-42-36-61(83-91-79(55-26-17-13-18-27-55)89-80(92-83)56-28-19-14-20-29-56)49-67(73)59-34-25-35-60(48-59)68-50-62(84-93-81(57-30-21-15-22-31-57)90-82(94-84)58-32-23-16-24-33-58)37-43-74(68)96-77-46-40-65(87(7,8)9)53-71(77)72-54-66(88(10,11)12)41-47-78(72)96/h13-54H,1-12H3. The van der Waals surface area contributed by atoms with Crippen LogP contribution >= 0.6 is 0 Å². The molecule has 0 aliphatic heterocycles. The molecule has 11 aromatic carbocycles. The molecule has 96 heavy (non-hydrogen) atoms. The summed E-state index contributed by atoms with van der Waals surface area (Å²) >= 11 is 0. The van der Waals surface area contributed by atoms with Crippen LogP contribution in [0.25, 0.3) is 146 Å². The third-order valence-corrected chi connectivity index (χ3v) is 18.9. The summed E-state index contributed by atoms with van der Waals surface area (Å²) in [5.41, 5.74) is 20.8. The summed E-state index contributed by atoms with van der Waals surface area (Å²) in [5, 5.41) is 4.85. The summed E-state index contributed by atoms with van der Waals surface area (Å²) in [6.45, 7) is 27.6. The smallest absolute Gasteiger partial charge is 0.164 e. The van der Waals surface area contributed by atoms with Crippen LogP contribution in [0.2, 0.25) is 0 Å². The summed E-state index contributed by atoms with van der Waals surface area (Å²) in [6, 6.07) is 91.7. The number of benzene rings is 11. The molecule has 0 aliphatic rings. The van der Waals surface area contributed by atoms with Crippen molar-refractivity contribution in [3.8, 4) is 102 Å². The molecule has 8 heteroatoms. The highest BCUT2D eigenvalue weighted by atomic mass is 15.1. The molecule has 0 aliphatic carbocycles. The molecule has 0 amide bonds. The van der Waals surface area contributed by atoms with E-state index >= 15 is 0 Å². The van der Waals surface area contributed by atoms with Gasteiger partial charge in [-0.2, -0.15) is 0 Å². The van der Waals surface area contributed by atoms with Gasteiger partial charge in [-0.05, 0) is 146 Å². The number of hydrogen-bond donors (Lipinski definition) is 0. The van der Waals surface area contributed by atoms with E-state index in [0.29, 0.717) is 34.9 Å². The second-order valence-corrected chi connectivity index (χ2v) is 29.7. The van der Waals surface area contributed by atoms with Gasteiger partial charge in [0.1, 0.15) is 0 Å². The van der Waals surface area contributed by atoms with E-state index in [2.05, 4.69) is 274 Å². The first-order chi connectivity index (χ1) is 46.1. The van der Waals surface area contributed by atoms with E-state index in [4.69, 9.17) is 29.9 Å². The molecule has 4 aromatic heterocycles. The lowest BCUT2D eigenvalue weighted by Gasteiger charge is -2.20. The number of rotatable bonds is 10. The molecule has 0 unspecified atom stereocenters. The maximum atomic E-state index is 5.33. The van der Waals surface area contributed by atoms with Gasteiger partial charge in [-0.25, -0.2) is 29.9 Å². The van der Waals surface area contributed by atoms with Crippen LogP contribution in [0.1, 0.15) is 105 Å². The van der Waals surface area contributed by atoms with Gasteiger partial charge in [-0.3, -0.25) is 0 Å². The lowest BCUT2D eigenvalue weighted by molar-refractivity contribution is 0.590. The number of fused-ring (bicyclic) bond motifs is 6. The van der Waals surface area contributed by atoms with E-state index in [9.17, 15) is 0 Å². The number of hydrogen-bond acceptors (Lipinski definition) is 6. The summed E-state index contributed by atoms with van der Waals surface area (Å²) in [6.07, 6.45) is 0. The van der Waals surface area contributed by atoms with Crippen molar-refractivity contribution >= 4 is 43.6 Å². The van der Waals surface area contributed by atoms with Crippen LogP contribution in [0.3, 0.4) is 0 Å². The SMILES string of the molecule is CC(C)(C)c1ccc2c(c1)c1cc(C(C)(C)C)ccc1n2-c1ccc(-c2nc(-c3ccccc3)nc(-c3ccccc3)n2)cc1-c1cccc(-c2cc(-c3nc(-c4ccccc4)nc(-c4ccccc4)n3)ccc2-n2c3ccc(C(C)(C)C)cc3c3cc(C(C)(C)C)ccc32)c1. The minimum absolute atomic E-state index is 0.0722. The predicted molar refractivity (Wildman–Crippen MR) is 400 cm³/mol. The van der Waals surface area contributed by atoms with Crippen LogP contribution in [-0.4, -0.2) is 39.0 Å². The van der Waals surface area contributed by atoms with Gasteiger partial charge in [0, 0.05) is 66.1 Å². The zero-order chi connectivity index (χ0) is 66.4. The molecular weight excluding hydrogens is 1170 g/mol. The third kappa shape index (κ3) is 11.4. The van der Waals surface area contributed by atoms with E-state index in [1.54, 1.807) is 0 Å². The van der Waals surface area contributed by atoms with E-state index in [1.165, 1.54) is 43.8 Å². The second-order valence-electron chi connectivity index (χ2n) is 29.7. The largest absolute Gasteiger partial charge is 0.309 e. The predicted octanol–water partition coefficient (Wildman–Crippen LogP) is 22.8. The zero-order valence-electron chi connectivity index (χ0n) is 56.8. The summed E-state index contributed by atoms with van der Waals surface area (Å²) in [4.78, 5) is 31.6. The van der Waals surface area contributed by atoms with E-state index in [-0.39, 0.29) is 21.7 Å². The molecule has 0 bridgehead atoms. The molecule has 0 N–H and O–H groups in total. The quantitative estimate of drug-likeness (QED) is 0.136. The first kappa shape index (κ1) is 61.2. The molecule has 0 fully saturated rings. The molecule has 0 radical (unpaired) electrons. The van der Waals surface area contributed by atoms with Gasteiger partial charge >= 0.3 is 0 Å². The van der Waals surface area contributed by atoms with Crippen molar-refractivity contribution < 1.29 is 0 Å². The Labute approximate surface area is 563 Å². The fourth-order valence-corrected chi connectivity index (χ4v) is 13.4. The summed E-state index contributed by atoms with van der Waals surface area (Å²) in [5.74, 6) is 3.56. The average molecular weight is 1250 g/mol. The molecule has 4 heterocycles. The van der Waals surface area contributed by atoms with Crippen molar-refractivity contribution in [3.63, 3.8) is 0 Å². The monoisotopic (exact) mass is 1250 g/mol. The maximum absolute atomic E-state index is 5.33. The van der Waals surface area contributed by atoms with Crippen molar-refractivity contribution in [2.24, 2.45) is 0 Å². The molecule has 0 saturated carbocycles. The zero-order valence-corrected chi connectivity index (χ0v) is 56.8. The molecule has 470 valence electrons. The van der Waals surface area contributed by atoms with Crippen LogP contribution in [0, 0.1) is 0 Å². The van der Waals surface area contributed by atoms with E-state index < -0.39 is 0 Å². The van der Waals surface area contributed by atoms with Crippen molar-refractivity contribution in [1.29, 1.82) is 0 Å². The molecule has 0 atom stereocenters. The van der Waals surface area contributed by atoms with E-state index in [0.717, 1.165) is 89.1 Å². The third-order valence-electron chi connectivity index (χ3n) is 18.9. The fraction of sp³-hybridized carbons (Fsp3) is 0.182. The summed E-state index contributed by atoms with van der Waals surface area (Å²) < 4.78 is 4.95. The first-order valence-corrected chi connectivity index (χ1v) is 33.4. The molecule has 15 aromatic rings.